The second-order valence-corrected chi connectivity index (χ2v) is 9.85. The van der Waals surface area contributed by atoms with Crippen LogP contribution in [-0.4, -0.2) is 47.8 Å². The highest BCUT2D eigenvalue weighted by molar-refractivity contribution is 7.14. The number of fused-ring (bicyclic) bond motifs is 1. The molecule has 3 aliphatic rings. The summed E-state index contributed by atoms with van der Waals surface area (Å²) in [5.41, 5.74) is 1.40. The van der Waals surface area contributed by atoms with Crippen LogP contribution < -0.4 is 0 Å². The first-order chi connectivity index (χ1) is 13.1. The molecule has 2 aliphatic heterocycles. The van der Waals surface area contributed by atoms with E-state index in [-0.39, 0.29) is 11.8 Å². The summed E-state index contributed by atoms with van der Waals surface area (Å²) >= 11 is 1.70. The molecule has 1 aliphatic carbocycles. The zero-order valence-corrected chi connectivity index (χ0v) is 17.4. The number of amides is 2. The van der Waals surface area contributed by atoms with Crippen LogP contribution in [0.25, 0.3) is 0 Å². The van der Waals surface area contributed by atoms with Crippen molar-refractivity contribution in [3.8, 4) is 0 Å². The fraction of sp³-hybridized carbons (Fsp3) is 0.727. The highest BCUT2D eigenvalue weighted by atomic mass is 32.1. The smallest absolute Gasteiger partial charge is 0.263 e. The molecule has 0 unspecified atom stereocenters. The average molecular weight is 389 g/mol. The second kappa shape index (κ2) is 8.34. The van der Waals surface area contributed by atoms with Gasteiger partial charge < -0.3 is 9.80 Å². The van der Waals surface area contributed by atoms with E-state index in [0.717, 1.165) is 75.5 Å². The van der Waals surface area contributed by atoms with Gasteiger partial charge in [-0.25, -0.2) is 0 Å². The summed E-state index contributed by atoms with van der Waals surface area (Å²) in [5, 5.41) is 0. The SMILES string of the molecule is C[C@@H]1CCc2sc(C(=O)N3CCC(C(=O)N4CCCCCC4)CC3)cc2C1. The van der Waals surface area contributed by atoms with Gasteiger partial charge in [0.1, 0.15) is 0 Å². The Kier molecular flexibility index (Phi) is 5.86. The topological polar surface area (TPSA) is 40.6 Å². The van der Waals surface area contributed by atoms with Crippen LogP contribution in [0.15, 0.2) is 6.07 Å². The highest BCUT2D eigenvalue weighted by Crippen LogP contribution is 2.33. The van der Waals surface area contributed by atoms with Gasteiger partial charge in [-0.05, 0) is 62.5 Å². The standard InChI is InChI=1S/C22H32N2O2S/c1-16-6-7-19-18(14-16)15-20(27-19)22(26)24-12-8-17(9-13-24)21(25)23-10-4-2-3-5-11-23/h15-17H,2-14H2,1H3/t16-/m1/s1. The molecule has 1 atom stereocenters. The third-order valence-corrected chi connectivity index (χ3v) is 7.81. The van der Waals surface area contributed by atoms with Gasteiger partial charge in [0.25, 0.3) is 5.91 Å². The molecule has 0 saturated carbocycles. The summed E-state index contributed by atoms with van der Waals surface area (Å²) in [6.45, 7) is 5.60. The Hall–Kier alpha value is -1.36. The van der Waals surface area contributed by atoms with Crippen molar-refractivity contribution in [1.82, 2.24) is 9.80 Å². The van der Waals surface area contributed by atoms with Crippen LogP contribution in [0, 0.1) is 11.8 Å². The van der Waals surface area contributed by atoms with E-state index in [1.807, 2.05) is 4.90 Å². The molecule has 3 heterocycles. The van der Waals surface area contributed by atoms with Crippen molar-refractivity contribution in [3.63, 3.8) is 0 Å². The van der Waals surface area contributed by atoms with Gasteiger partial charge in [-0.1, -0.05) is 19.8 Å². The molecule has 1 aromatic heterocycles. The molecule has 4 nitrogen and oxygen atoms in total. The second-order valence-electron chi connectivity index (χ2n) is 8.71. The minimum atomic E-state index is 0.115. The maximum atomic E-state index is 13.0. The molecule has 0 bridgehead atoms. The van der Waals surface area contributed by atoms with Crippen molar-refractivity contribution in [2.75, 3.05) is 26.2 Å². The summed E-state index contributed by atoms with van der Waals surface area (Å²) in [7, 11) is 0. The third kappa shape index (κ3) is 4.23. The van der Waals surface area contributed by atoms with Crippen molar-refractivity contribution in [3.05, 3.63) is 21.4 Å². The van der Waals surface area contributed by atoms with Gasteiger partial charge in [-0.3, -0.25) is 9.59 Å². The van der Waals surface area contributed by atoms with Gasteiger partial charge in [0.2, 0.25) is 5.91 Å². The van der Waals surface area contributed by atoms with E-state index in [1.54, 1.807) is 11.3 Å². The first-order valence-electron chi connectivity index (χ1n) is 10.8. The first kappa shape index (κ1) is 19.0. The highest BCUT2D eigenvalue weighted by Gasteiger charge is 2.31. The van der Waals surface area contributed by atoms with E-state index >= 15 is 0 Å². The average Bonchev–Trinajstić information content (AvgIpc) is 2.92. The molecule has 2 saturated heterocycles. The summed E-state index contributed by atoms with van der Waals surface area (Å²) in [5.74, 6) is 1.37. The zero-order chi connectivity index (χ0) is 18.8. The van der Waals surface area contributed by atoms with E-state index in [9.17, 15) is 9.59 Å². The lowest BCUT2D eigenvalue weighted by atomic mass is 9.90. The Balaban J connectivity index is 1.33. The number of aryl methyl sites for hydroxylation is 1. The van der Waals surface area contributed by atoms with E-state index in [0.29, 0.717) is 5.91 Å². The summed E-state index contributed by atoms with van der Waals surface area (Å²) < 4.78 is 0. The molecule has 0 spiro atoms. The van der Waals surface area contributed by atoms with Crippen LogP contribution in [0.5, 0.6) is 0 Å². The van der Waals surface area contributed by atoms with Gasteiger partial charge in [0.15, 0.2) is 0 Å². The summed E-state index contributed by atoms with van der Waals surface area (Å²) in [6.07, 6.45) is 9.92. The number of rotatable bonds is 2. The Morgan fingerprint density at radius 3 is 2.37 bits per heavy atom. The van der Waals surface area contributed by atoms with Crippen LogP contribution >= 0.6 is 11.3 Å². The van der Waals surface area contributed by atoms with E-state index in [4.69, 9.17) is 0 Å². The Labute approximate surface area is 166 Å². The number of carbonyl (C=O) groups excluding carboxylic acids is 2. The normalized spacial score (nSPS) is 24.4. The van der Waals surface area contributed by atoms with Crippen LogP contribution in [-0.2, 0) is 17.6 Å². The van der Waals surface area contributed by atoms with Crippen molar-refractivity contribution in [2.45, 2.75) is 64.7 Å². The predicted octanol–water partition coefficient (Wildman–Crippen LogP) is 4.13. The van der Waals surface area contributed by atoms with Crippen LogP contribution in [0.1, 0.15) is 72.0 Å². The minimum absolute atomic E-state index is 0.115. The fourth-order valence-corrected chi connectivity index (χ4v) is 6.02. The third-order valence-electron chi connectivity index (χ3n) is 6.59. The Bertz CT molecular complexity index is 682. The zero-order valence-electron chi connectivity index (χ0n) is 16.5. The molecule has 2 amide bonds. The molecule has 4 rings (SSSR count). The minimum Gasteiger partial charge on any atom is -0.342 e. The monoisotopic (exact) mass is 388 g/mol. The lowest BCUT2D eigenvalue weighted by molar-refractivity contribution is -0.136. The van der Waals surface area contributed by atoms with E-state index < -0.39 is 0 Å². The van der Waals surface area contributed by atoms with E-state index in [1.165, 1.54) is 29.7 Å². The number of hydrogen-bond donors (Lipinski definition) is 0. The van der Waals surface area contributed by atoms with E-state index in [2.05, 4.69) is 17.9 Å². The number of thiophene rings is 1. The quantitative estimate of drug-likeness (QED) is 0.764. The number of piperidine rings is 1. The molecule has 2 fully saturated rings. The fourth-order valence-electron chi connectivity index (χ4n) is 4.85. The first-order valence-corrected chi connectivity index (χ1v) is 11.6. The lowest BCUT2D eigenvalue weighted by Gasteiger charge is -2.33. The molecular formula is C22H32N2O2S. The summed E-state index contributed by atoms with van der Waals surface area (Å²) in [4.78, 5) is 32.2. The Morgan fingerprint density at radius 2 is 1.67 bits per heavy atom. The molecule has 0 aromatic carbocycles. The predicted molar refractivity (Wildman–Crippen MR) is 109 cm³/mol. The van der Waals surface area contributed by atoms with Crippen molar-refractivity contribution >= 4 is 23.2 Å². The lowest BCUT2D eigenvalue weighted by Crippen LogP contribution is -2.44. The molecule has 148 valence electrons. The molecule has 0 radical (unpaired) electrons. The van der Waals surface area contributed by atoms with Crippen LogP contribution in [0.4, 0.5) is 0 Å². The molecule has 5 heteroatoms. The molecule has 27 heavy (non-hydrogen) atoms. The van der Waals surface area contributed by atoms with Gasteiger partial charge in [-0.2, -0.15) is 0 Å². The summed E-state index contributed by atoms with van der Waals surface area (Å²) in [6, 6.07) is 2.15. The molecule has 1 aromatic rings. The van der Waals surface area contributed by atoms with Gasteiger partial charge in [0, 0.05) is 37.0 Å². The number of carbonyl (C=O) groups is 2. The number of nitrogens with zero attached hydrogens (tertiary/aromatic N) is 2. The maximum absolute atomic E-state index is 13.0. The van der Waals surface area contributed by atoms with Gasteiger partial charge in [-0.15, -0.1) is 11.3 Å². The van der Waals surface area contributed by atoms with Crippen molar-refractivity contribution in [1.29, 1.82) is 0 Å². The van der Waals surface area contributed by atoms with Gasteiger partial charge >= 0.3 is 0 Å². The van der Waals surface area contributed by atoms with Crippen molar-refractivity contribution in [2.24, 2.45) is 11.8 Å². The maximum Gasteiger partial charge on any atom is 0.263 e. The number of likely N-dealkylation sites (tertiary alicyclic amines) is 2. The van der Waals surface area contributed by atoms with Crippen LogP contribution in [0.2, 0.25) is 0 Å². The van der Waals surface area contributed by atoms with Crippen molar-refractivity contribution < 1.29 is 9.59 Å². The number of hydrogen-bond acceptors (Lipinski definition) is 3. The van der Waals surface area contributed by atoms with Gasteiger partial charge in [0.05, 0.1) is 4.88 Å². The van der Waals surface area contributed by atoms with Crippen LogP contribution in [0.3, 0.4) is 0 Å². The Morgan fingerprint density at radius 1 is 0.963 bits per heavy atom. The molecular weight excluding hydrogens is 356 g/mol. The largest absolute Gasteiger partial charge is 0.342 e. The molecule has 0 N–H and O–H groups in total.